The smallest absolute Gasteiger partial charge is 0.353 e. The molecule has 38 heavy (non-hydrogen) atoms. The van der Waals surface area contributed by atoms with Gasteiger partial charge in [-0.2, -0.15) is 5.01 Å². The van der Waals surface area contributed by atoms with Crippen molar-refractivity contribution in [2.45, 2.75) is 0 Å². The maximum absolute atomic E-state index is 13.5. The van der Waals surface area contributed by atoms with Gasteiger partial charge in [0.1, 0.15) is 17.2 Å². The van der Waals surface area contributed by atoms with Crippen LogP contribution in [0.2, 0.25) is 5.02 Å². The minimum Gasteiger partial charge on any atom is -0.422 e. The number of ketones is 1. The first kappa shape index (κ1) is 25.1. The summed E-state index contributed by atoms with van der Waals surface area (Å²) in [6.07, 6.45) is 0. The number of benzene rings is 3. The van der Waals surface area contributed by atoms with Crippen LogP contribution in [0.4, 0.5) is 0 Å². The van der Waals surface area contributed by atoms with E-state index in [1.807, 2.05) is 0 Å². The number of hydrogen-bond donors (Lipinski definition) is 0. The van der Waals surface area contributed by atoms with Gasteiger partial charge in [0.15, 0.2) is 5.78 Å². The Bertz CT molecular complexity index is 1550. The fourth-order valence-electron chi connectivity index (χ4n) is 3.89. The van der Waals surface area contributed by atoms with E-state index in [1.165, 1.54) is 59.9 Å². The number of carbonyl (C=O) groups excluding carboxylic acids is 5. The lowest BCUT2D eigenvalue weighted by Gasteiger charge is -2.29. The van der Waals surface area contributed by atoms with E-state index in [-0.39, 0.29) is 33.0 Å². The summed E-state index contributed by atoms with van der Waals surface area (Å²) in [6.45, 7) is -0.621. The minimum atomic E-state index is -0.792. The summed E-state index contributed by atoms with van der Waals surface area (Å²) >= 11 is 7.46. The highest BCUT2D eigenvalue weighted by molar-refractivity contribution is 7.12. The average molecular weight is 545 g/mol. The second-order valence-electron chi connectivity index (χ2n) is 8.12. The molecule has 0 spiro atoms. The van der Waals surface area contributed by atoms with Gasteiger partial charge in [-0.05, 0) is 60.0 Å². The number of hydrazine groups is 1. The molecule has 1 aromatic heterocycles. The number of ether oxygens (including phenoxy) is 1. The van der Waals surface area contributed by atoms with Crippen LogP contribution in [0.1, 0.15) is 51.1 Å². The van der Waals surface area contributed by atoms with E-state index in [1.54, 1.807) is 41.8 Å². The molecule has 0 saturated heterocycles. The van der Waals surface area contributed by atoms with Crippen molar-refractivity contribution in [1.29, 1.82) is 0 Å². The number of imide groups is 1. The van der Waals surface area contributed by atoms with E-state index in [2.05, 4.69) is 0 Å². The minimum absolute atomic E-state index is 0.0226. The number of Topliss-reactive ketones (excluding diaryl/α,β-unsaturated/α-hetero) is 1. The van der Waals surface area contributed by atoms with Crippen molar-refractivity contribution < 1.29 is 28.7 Å². The van der Waals surface area contributed by atoms with Gasteiger partial charge in [0.2, 0.25) is 0 Å². The number of rotatable bonds is 7. The van der Waals surface area contributed by atoms with Crippen molar-refractivity contribution in [1.82, 2.24) is 10.0 Å². The fraction of sp³-hybridized carbons (Fsp3) is 0.0357. The first-order valence-electron chi connectivity index (χ1n) is 11.3. The predicted molar refractivity (Wildman–Crippen MR) is 139 cm³/mol. The molecular weight excluding hydrogens is 528 g/mol. The van der Waals surface area contributed by atoms with Crippen LogP contribution < -0.4 is 4.74 Å². The standard InChI is InChI=1S/C28H17ClN2O6S/c29-22-9-4-3-8-21(22)25(33)30(31-26(34)19-6-1-2-7-20(19)27(31)35)16-23(32)17-11-13-18(14-12-17)37-28(36)24-10-5-15-38-24/h1-15H,16H2. The lowest BCUT2D eigenvalue weighted by Crippen LogP contribution is -2.51. The Morgan fingerprint density at radius 1 is 0.816 bits per heavy atom. The van der Waals surface area contributed by atoms with Gasteiger partial charge in [-0.1, -0.05) is 41.9 Å². The zero-order valence-corrected chi connectivity index (χ0v) is 21.1. The summed E-state index contributed by atoms with van der Waals surface area (Å²) in [4.78, 5) is 65.7. The summed E-state index contributed by atoms with van der Waals surface area (Å²) in [7, 11) is 0. The molecule has 0 fully saturated rings. The van der Waals surface area contributed by atoms with Crippen molar-refractivity contribution in [3.05, 3.63) is 122 Å². The molecular formula is C28H17ClN2O6S. The SMILES string of the molecule is O=C(CN(C(=O)c1ccccc1Cl)N1C(=O)c2ccccc2C1=O)c1ccc(OC(=O)c2cccs2)cc1. The van der Waals surface area contributed by atoms with Crippen molar-refractivity contribution in [3.63, 3.8) is 0 Å². The Morgan fingerprint density at radius 3 is 2.05 bits per heavy atom. The Morgan fingerprint density at radius 2 is 1.45 bits per heavy atom. The van der Waals surface area contributed by atoms with Crippen LogP contribution in [-0.2, 0) is 0 Å². The quantitative estimate of drug-likeness (QED) is 0.138. The molecule has 3 amide bonds. The van der Waals surface area contributed by atoms with Crippen molar-refractivity contribution >= 4 is 52.4 Å². The van der Waals surface area contributed by atoms with Crippen LogP contribution in [0.25, 0.3) is 0 Å². The monoisotopic (exact) mass is 544 g/mol. The normalized spacial score (nSPS) is 12.3. The summed E-state index contributed by atoms with van der Waals surface area (Å²) in [5.41, 5.74) is 0.446. The molecule has 10 heteroatoms. The van der Waals surface area contributed by atoms with Gasteiger partial charge in [-0.25, -0.2) is 9.80 Å². The van der Waals surface area contributed by atoms with Crippen molar-refractivity contribution in [2.75, 3.05) is 6.54 Å². The summed E-state index contributed by atoms with van der Waals surface area (Å²) in [5, 5.41) is 3.33. The number of hydrogen-bond acceptors (Lipinski definition) is 7. The van der Waals surface area contributed by atoms with Crippen LogP contribution in [0.3, 0.4) is 0 Å². The molecule has 0 atom stereocenters. The topological polar surface area (TPSA) is 101 Å². The van der Waals surface area contributed by atoms with Crippen LogP contribution in [0.15, 0.2) is 90.3 Å². The first-order chi connectivity index (χ1) is 18.3. The third kappa shape index (κ3) is 4.72. The molecule has 0 N–H and O–H groups in total. The summed E-state index contributed by atoms with van der Waals surface area (Å²) in [5.74, 6) is -3.10. The highest BCUT2D eigenvalue weighted by Crippen LogP contribution is 2.27. The highest BCUT2D eigenvalue weighted by atomic mass is 35.5. The molecule has 2 heterocycles. The fourth-order valence-corrected chi connectivity index (χ4v) is 4.71. The van der Waals surface area contributed by atoms with Crippen LogP contribution in [0, 0.1) is 0 Å². The average Bonchev–Trinajstić information content (AvgIpc) is 3.55. The maximum atomic E-state index is 13.5. The first-order valence-corrected chi connectivity index (χ1v) is 12.5. The van der Waals surface area contributed by atoms with E-state index in [4.69, 9.17) is 16.3 Å². The molecule has 188 valence electrons. The van der Waals surface area contributed by atoms with Crippen LogP contribution in [-0.4, -0.2) is 46.0 Å². The number of halogens is 1. The van der Waals surface area contributed by atoms with Gasteiger partial charge in [-0.15, -0.1) is 11.3 Å². The molecule has 0 saturated carbocycles. The highest BCUT2D eigenvalue weighted by Gasteiger charge is 2.42. The second-order valence-corrected chi connectivity index (χ2v) is 9.48. The van der Waals surface area contributed by atoms with Crippen molar-refractivity contribution in [2.24, 2.45) is 0 Å². The molecule has 0 unspecified atom stereocenters. The van der Waals surface area contributed by atoms with Gasteiger partial charge in [0, 0.05) is 5.56 Å². The zero-order valence-electron chi connectivity index (χ0n) is 19.5. The van der Waals surface area contributed by atoms with Crippen molar-refractivity contribution in [3.8, 4) is 5.75 Å². The van der Waals surface area contributed by atoms with Gasteiger partial charge < -0.3 is 4.74 Å². The molecule has 8 nitrogen and oxygen atoms in total. The molecule has 0 radical (unpaired) electrons. The van der Waals surface area contributed by atoms with E-state index in [9.17, 15) is 24.0 Å². The predicted octanol–water partition coefficient (Wildman–Crippen LogP) is 5.16. The van der Waals surface area contributed by atoms with E-state index >= 15 is 0 Å². The number of fused-ring (bicyclic) bond motifs is 1. The maximum Gasteiger partial charge on any atom is 0.353 e. The van der Waals surface area contributed by atoms with Gasteiger partial charge in [-0.3, -0.25) is 19.2 Å². The molecule has 3 aromatic carbocycles. The number of thiophene rings is 1. The summed E-state index contributed by atoms with van der Waals surface area (Å²) < 4.78 is 5.31. The van der Waals surface area contributed by atoms with E-state index in [0.717, 1.165) is 5.01 Å². The third-order valence-electron chi connectivity index (χ3n) is 5.76. The number of carbonyl (C=O) groups is 5. The Kier molecular flexibility index (Phi) is 6.87. The van der Waals surface area contributed by atoms with Crippen LogP contribution in [0.5, 0.6) is 5.75 Å². The van der Waals surface area contributed by atoms with E-state index < -0.39 is 36.0 Å². The Labute approximate surface area is 225 Å². The number of amides is 3. The molecule has 1 aliphatic heterocycles. The molecule has 4 aromatic rings. The Balaban J connectivity index is 1.41. The summed E-state index contributed by atoms with van der Waals surface area (Å²) in [6, 6.07) is 21.4. The van der Waals surface area contributed by atoms with Crippen LogP contribution >= 0.6 is 22.9 Å². The molecule has 0 bridgehead atoms. The molecule has 0 aliphatic carbocycles. The number of nitrogens with zero attached hydrogens (tertiary/aromatic N) is 2. The van der Waals surface area contributed by atoms with E-state index in [0.29, 0.717) is 9.89 Å². The Hall–Kier alpha value is -4.60. The van der Waals surface area contributed by atoms with Gasteiger partial charge in [0.25, 0.3) is 17.7 Å². The molecule has 1 aliphatic rings. The molecule has 5 rings (SSSR count). The largest absolute Gasteiger partial charge is 0.422 e. The lowest BCUT2D eigenvalue weighted by atomic mass is 10.1. The second kappa shape index (κ2) is 10.4. The van der Waals surface area contributed by atoms with Gasteiger partial charge >= 0.3 is 5.97 Å². The lowest BCUT2D eigenvalue weighted by molar-refractivity contribution is 0.00531. The number of esters is 1. The van der Waals surface area contributed by atoms with Gasteiger partial charge in [0.05, 0.1) is 21.7 Å². The third-order valence-corrected chi connectivity index (χ3v) is 6.93. The zero-order chi connectivity index (χ0) is 26.8.